The highest BCUT2D eigenvalue weighted by molar-refractivity contribution is 5.84. The molecule has 1 aliphatic heterocycles. The van der Waals surface area contributed by atoms with E-state index in [2.05, 4.69) is 5.73 Å². The van der Waals surface area contributed by atoms with Gasteiger partial charge in [-0.2, -0.15) is 0 Å². The van der Waals surface area contributed by atoms with Crippen molar-refractivity contribution in [3.05, 3.63) is 77.3 Å². The average molecular weight is 238 g/mol. The van der Waals surface area contributed by atoms with Crippen molar-refractivity contribution in [1.82, 2.24) is 0 Å². The lowest BCUT2D eigenvalue weighted by atomic mass is 9.95. The first kappa shape index (κ1) is 10.8. The number of hydrogen-bond donors (Lipinski definition) is 0. The molecule has 0 radical (unpaired) electrons. The Balaban J connectivity index is 2.32. The van der Waals surface area contributed by atoms with Gasteiger partial charge in [0.15, 0.2) is 0 Å². The lowest BCUT2D eigenvalue weighted by Crippen LogP contribution is -1.94. The summed E-state index contributed by atoms with van der Waals surface area (Å²) in [5, 5.41) is 0. The quantitative estimate of drug-likeness (QED) is 0.628. The zero-order valence-corrected chi connectivity index (χ0v) is 9.69. The van der Waals surface area contributed by atoms with Crippen LogP contribution in [0.1, 0.15) is 16.7 Å². The van der Waals surface area contributed by atoms with Crippen LogP contribution in [0.15, 0.2) is 60.6 Å². The first-order valence-corrected chi connectivity index (χ1v) is 5.76. The number of fused-ring (bicyclic) bond motifs is 2. The Morgan fingerprint density at radius 1 is 1.00 bits per heavy atom. The van der Waals surface area contributed by atoms with Gasteiger partial charge in [-0.3, -0.25) is 0 Å². The zero-order valence-electron chi connectivity index (χ0n) is 9.69. The summed E-state index contributed by atoms with van der Waals surface area (Å²) in [6, 6.07) is 15.5. The van der Waals surface area contributed by atoms with Crippen molar-refractivity contribution in [1.29, 1.82) is 0 Å². The Kier molecular flexibility index (Phi) is 2.71. The summed E-state index contributed by atoms with van der Waals surface area (Å²) in [5.41, 5.74) is 6.30. The van der Waals surface area contributed by atoms with Crippen LogP contribution in [0.4, 0.5) is 4.39 Å². The van der Waals surface area contributed by atoms with E-state index in [1.165, 1.54) is 0 Å². The van der Waals surface area contributed by atoms with Crippen molar-refractivity contribution in [2.24, 2.45) is 0 Å². The lowest BCUT2D eigenvalue weighted by Gasteiger charge is -2.06. The molecule has 0 N–H and O–H groups in total. The molecule has 0 saturated heterocycles. The molecular formula is C16H11FO. The van der Waals surface area contributed by atoms with Crippen molar-refractivity contribution >= 4 is 5.57 Å². The van der Waals surface area contributed by atoms with E-state index in [4.69, 9.17) is 4.74 Å². The standard InChI is InChI=1S/C16H11FO/c17-10-9-14-13-6-2-1-5-12(13)11-18-16-8-4-3-7-15(14)16/h1-8,10H,11H2. The average Bonchev–Trinajstić information content (AvgIpc) is 2.58. The van der Waals surface area contributed by atoms with Gasteiger partial charge in [-0.15, -0.1) is 0 Å². The highest BCUT2D eigenvalue weighted by Gasteiger charge is 2.17. The zero-order chi connectivity index (χ0) is 12.4. The molecule has 0 amide bonds. The number of halogens is 1. The Hall–Kier alpha value is -2.31. The summed E-state index contributed by atoms with van der Waals surface area (Å²) in [7, 11) is 0. The van der Waals surface area contributed by atoms with Gasteiger partial charge < -0.3 is 4.74 Å². The summed E-state index contributed by atoms with van der Waals surface area (Å²) < 4.78 is 18.4. The number of benzene rings is 2. The molecule has 0 saturated carbocycles. The van der Waals surface area contributed by atoms with Gasteiger partial charge in [0.2, 0.25) is 0 Å². The van der Waals surface area contributed by atoms with Crippen molar-refractivity contribution in [2.45, 2.75) is 6.61 Å². The van der Waals surface area contributed by atoms with Crippen molar-refractivity contribution in [3.63, 3.8) is 0 Å². The third-order valence-electron chi connectivity index (χ3n) is 3.03. The molecule has 0 unspecified atom stereocenters. The van der Waals surface area contributed by atoms with E-state index < -0.39 is 0 Å². The van der Waals surface area contributed by atoms with E-state index in [-0.39, 0.29) is 0 Å². The van der Waals surface area contributed by atoms with Gasteiger partial charge in [0.25, 0.3) is 0 Å². The highest BCUT2D eigenvalue weighted by Crippen LogP contribution is 2.35. The Bertz CT molecular complexity index is 602. The first-order valence-electron chi connectivity index (χ1n) is 5.76. The van der Waals surface area contributed by atoms with Gasteiger partial charge in [0.1, 0.15) is 18.7 Å². The molecule has 2 heteroatoms. The normalized spacial score (nSPS) is 12.6. The summed E-state index contributed by atoms with van der Waals surface area (Å²) in [5.74, 6) is 0.762. The van der Waals surface area contributed by atoms with Crippen LogP contribution in [-0.4, -0.2) is 0 Å². The molecule has 0 aromatic heterocycles. The third kappa shape index (κ3) is 1.73. The predicted octanol–water partition coefficient (Wildman–Crippen LogP) is 4.09. The van der Waals surface area contributed by atoms with E-state index in [0.29, 0.717) is 12.9 Å². The van der Waals surface area contributed by atoms with Crippen molar-refractivity contribution in [3.8, 4) is 5.75 Å². The SMILES string of the molecule is FC=C=C1c2ccccc2COc2ccccc21. The van der Waals surface area contributed by atoms with Crippen molar-refractivity contribution < 1.29 is 9.13 Å². The maximum absolute atomic E-state index is 12.6. The molecule has 88 valence electrons. The Labute approximate surface area is 105 Å². The van der Waals surface area contributed by atoms with E-state index in [1.54, 1.807) is 0 Å². The number of rotatable bonds is 0. The Morgan fingerprint density at radius 2 is 1.72 bits per heavy atom. The van der Waals surface area contributed by atoms with Crippen molar-refractivity contribution in [2.75, 3.05) is 0 Å². The van der Waals surface area contributed by atoms with Gasteiger partial charge in [-0.1, -0.05) is 42.1 Å². The second-order valence-corrected chi connectivity index (χ2v) is 4.07. The van der Waals surface area contributed by atoms with E-state index in [0.717, 1.165) is 28.0 Å². The summed E-state index contributed by atoms with van der Waals surface area (Å²) in [6.07, 6.45) is 0.453. The maximum Gasteiger partial charge on any atom is 0.129 e. The monoisotopic (exact) mass is 238 g/mol. The van der Waals surface area contributed by atoms with Crippen LogP contribution >= 0.6 is 0 Å². The van der Waals surface area contributed by atoms with Gasteiger partial charge in [-0.05, 0) is 23.3 Å². The smallest absolute Gasteiger partial charge is 0.129 e. The lowest BCUT2D eigenvalue weighted by molar-refractivity contribution is 0.307. The van der Waals surface area contributed by atoms with Gasteiger partial charge in [0, 0.05) is 11.1 Å². The summed E-state index contributed by atoms with van der Waals surface area (Å²) in [4.78, 5) is 0. The largest absolute Gasteiger partial charge is 0.488 e. The van der Waals surface area contributed by atoms with Gasteiger partial charge in [0.05, 0.1) is 0 Å². The minimum atomic E-state index is 0.453. The van der Waals surface area contributed by atoms with Crippen LogP contribution < -0.4 is 4.74 Å². The minimum Gasteiger partial charge on any atom is -0.488 e. The topological polar surface area (TPSA) is 9.23 Å². The number of para-hydroxylation sites is 1. The Morgan fingerprint density at radius 3 is 2.56 bits per heavy atom. The molecule has 3 rings (SSSR count). The molecule has 1 nitrogen and oxygen atoms in total. The fourth-order valence-corrected chi connectivity index (χ4v) is 2.20. The predicted molar refractivity (Wildman–Crippen MR) is 68.9 cm³/mol. The van der Waals surface area contributed by atoms with Crippen LogP contribution in [0.25, 0.3) is 5.57 Å². The third-order valence-corrected chi connectivity index (χ3v) is 3.03. The summed E-state index contributed by atoms with van der Waals surface area (Å²) in [6.45, 7) is 0.491. The van der Waals surface area contributed by atoms with Crippen LogP contribution in [0, 0.1) is 0 Å². The van der Waals surface area contributed by atoms with Crippen LogP contribution in [-0.2, 0) is 6.61 Å². The van der Waals surface area contributed by atoms with E-state index in [1.807, 2.05) is 48.5 Å². The molecule has 1 heterocycles. The first-order chi connectivity index (χ1) is 8.90. The van der Waals surface area contributed by atoms with Crippen LogP contribution in [0.3, 0.4) is 0 Å². The van der Waals surface area contributed by atoms with Crippen LogP contribution in [0.2, 0.25) is 0 Å². The molecule has 2 aromatic carbocycles. The van der Waals surface area contributed by atoms with E-state index in [9.17, 15) is 4.39 Å². The molecular weight excluding hydrogens is 227 g/mol. The maximum atomic E-state index is 12.6. The van der Waals surface area contributed by atoms with E-state index >= 15 is 0 Å². The number of hydrogen-bond acceptors (Lipinski definition) is 1. The molecule has 0 atom stereocenters. The molecule has 18 heavy (non-hydrogen) atoms. The van der Waals surface area contributed by atoms with Crippen LogP contribution in [0.5, 0.6) is 5.75 Å². The molecule has 1 aliphatic rings. The fourth-order valence-electron chi connectivity index (χ4n) is 2.20. The fraction of sp³-hybridized carbons (Fsp3) is 0.0625. The molecule has 0 aliphatic carbocycles. The second-order valence-electron chi connectivity index (χ2n) is 4.07. The summed E-state index contributed by atoms with van der Waals surface area (Å²) >= 11 is 0. The number of ether oxygens (including phenoxy) is 1. The molecule has 0 spiro atoms. The molecule has 2 aromatic rings. The van der Waals surface area contributed by atoms with Gasteiger partial charge in [-0.25, -0.2) is 4.39 Å². The molecule has 0 bridgehead atoms. The molecule has 0 fully saturated rings. The second kappa shape index (κ2) is 4.52. The van der Waals surface area contributed by atoms with Gasteiger partial charge >= 0.3 is 0 Å². The highest BCUT2D eigenvalue weighted by atomic mass is 19.1. The minimum absolute atomic E-state index is 0.453.